The van der Waals surface area contributed by atoms with Crippen molar-refractivity contribution in [2.75, 3.05) is 13.2 Å². The number of rotatable bonds is 6. The molecule has 1 N–H and O–H groups in total. The molecule has 1 aromatic rings. The molecule has 158 valence electrons. The Labute approximate surface area is 173 Å². The van der Waals surface area contributed by atoms with E-state index >= 15 is 0 Å². The highest BCUT2D eigenvalue weighted by molar-refractivity contribution is 6.23. The zero-order valence-corrected chi connectivity index (χ0v) is 18.4. The number of oxime groups is 1. The number of aliphatic hydroxyl groups is 1. The van der Waals surface area contributed by atoms with E-state index in [0.29, 0.717) is 43.8 Å². The van der Waals surface area contributed by atoms with E-state index in [0.717, 1.165) is 30.6 Å². The Morgan fingerprint density at radius 1 is 1.17 bits per heavy atom. The van der Waals surface area contributed by atoms with Gasteiger partial charge in [-0.25, -0.2) is 0 Å². The number of Topliss-reactive ketones (excluding diaryl/α,β-unsaturated/α-hetero) is 1. The van der Waals surface area contributed by atoms with Gasteiger partial charge in [-0.15, -0.1) is 0 Å². The zero-order valence-electron chi connectivity index (χ0n) is 18.4. The topological polar surface area (TPSA) is 68.1 Å². The van der Waals surface area contributed by atoms with E-state index in [1.54, 1.807) is 0 Å². The number of carbonyl (C=O) groups excluding carboxylic acids is 1. The first-order valence-corrected chi connectivity index (χ1v) is 10.8. The van der Waals surface area contributed by atoms with Gasteiger partial charge in [0.15, 0.2) is 5.78 Å². The molecular weight excluding hydrogens is 366 g/mol. The normalized spacial score (nSPS) is 19.8. The summed E-state index contributed by atoms with van der Waals surface area (Å²) in [6.45, 7) is 11.4. The summed E-state index contributed by atoms with van der Waals surface area (Å²) in [7, 11) is 0. The van der Waals surface area contributed by atoms with Crippen LogP contribution in [0.4, 0.5) is 0 Å². The number of hydrogen-bond acceptors (Lipinski definition) is 5. The Kier molecular flexibility index (Phi) is 6.66. The van der Waals surface area contributed by atoms with Crippen LogP contribution in [0.1, 0.15) is 79.7 Å². The monoisotopic (exact) mass is 399 g/mol. The van der Waals surface area contributed by atoms with Crippen LogP contribution < -0.4 is 4.74 Å². The molecule has 3 rings (SSSR count). The lowest BCUT2D eigenvalue weighted by Crippen LogP contribution is -2.26. The van der Waals surface area contributed by atoms with E-state index in [1.807, 2.05) is 13.8 Å². The molecule has 0 amide bonds. The summed E-state index contributed by atoms with van der Waals surface area (Å²) >= 11 is 0. The second kappa shape index (κ2) is 9.02. The summed E-state index contributed by atoms with van der Waals surface area (Å²) in [5.74, 6) is 0.934. The molecule has 0 fully saturated rings. The van der Waals surface area contributed by atoms with Crippen molar-refractivity contribution < 1.29 is 19.5 Å². The van der Waals surface area contributed by atoms with Gasteiger partial charge in [0, 0.05) is 24.3 Å². The summed E-state index contributed by atoms with van der Waals surface area (Å²) in [4.78, 5) is 18.3. The van der Waals surface area contributed by atoms with Gasteiger partial charge >= 0.3 is 0 Å². The number of aliphatic hydroxyl groups excluding tert-OH is 1. The average molecular weight is 400 g/mol. The van der Waals surface area contributed by atoms with Gasteiger partial charge in [-0.1, -0.05) is 18.5 Å². The fourth-order valence-electron chi connectivity index (χ4n) is 4.61. The summed E-state index contributed by atoms with van der Waals surface area (Å²) in [6, 6.07) is 0. The van der Waals surface area contributed by atoms with Crippen molar-refractivity contribution in [3.05, 3.63) is 39.1 Å². The molecule has 0 bridgehead atoms. The van der Waals surface area contributed by atoms with Gasteiger partial charge in [-0.3, -0.25) is 4.79 Å². The highest BCUT2D eigenvalue weighted by Crippen LogP contribution is 2.45. The first-order chi connectivity index (χ1) is 13.9. The van der Waals surface area contributed by atoms with Crippen LogP contribution >= 0.6 is 0 Å². The van der Waals surface area contributed by atoms with Crippen LogP contribution in [0.3, 0.4) is 0 Å². The Morgan fingerprint density at radius 2 is 1.93 bits per heavy atom. The number of carbonyl (C=O) groups is 1. The Hall–Kier alpha value is -2.30. The molecule has 0 aromatic heterocycles. The van der Waals surface area contributed by atoms with E-state index in [1.165, 1.54) is 22.3 Å². The lowest BCUT2D eigenvalue weighted by Gasteiger charge is -2.31. The lowest BCUT2D eigenvalue weighted by atomic mass is 9.76. The third-order valence-electron chi connectivity index (χ3n) is 6.24. The number of benzene rings is 1. The van der Waals surface area contributed by atoms with Crippen LogP contribution in [0, 0.1) is 20.8 Å². The van der Waals surface area contributed by atoms with Crippen molar-refractivity contribution in [3.63, 3.8) is 0 Å². The molecule has 1 aromatic carbocycles. The fraction of sp³-hybridized carbons (Fsp3) is 0.583. The Bertz CT molecular complexity index is 866. The minimum absolute atomic E-state index is 0.0622. The van der Waals surface area contributed by atoms with Gasteiger partial charge in [0.2, 0.25) is 0 Å². The number of ether oxygens (including phenoxy) is 1. The van der Waals surface area contributed by atoms with Crippen molar-refractivity contribution in [2.45, 2.75) is 79.1 Å². The summed E-state index contributed by atoms with van der Waals surface area (Å²) in [6.07, 6.45) is 4.24. The first-order valence-electron chi connectivity index (χ1n) is 10.8. The van der Waals surface area contributed by atoms with Gasteiger partial charge < -0.3 is 14.7 Å². The van der Waals surface area contributed by atoms with Crippen LogP contribution in [0.2, 0.25) is 0 Å². The maximum absolute atomic E-state index is 13.1. The maximum atomic E-state index is 13.1. The molecule has 1 aliphatic heterocycles. The molecule has 1 aliphatic carbocycles. The van der Waals surface area contributed by atoms with Gasteiger partial charge in [0.05, 0.1) is 17.9 Å². The highest BCUT2D eigenvalue weighted by Gasteiger charge is 2.35. The highest BCUT2D eigenvalue weighted by atomic mass is 16.6. The molecule has 1 heterocycles. The maximum Gasteiger partial charge on any atom is 0.168 e. The van der Waals surface area contributed by atoms with Gasteiger partial charge in [-0.05, 0) is 69.2 Å². The van der Waals surface area contributed by atoms with Crippen LogP contribution in [-0.2, 0) is 16.1 Å². The van der Waals surface area contributed by atoms with E-state index in [2.05, 4.69) is 25.9 Å². The van der Waals surface area contributed by atoms with Crippen molar-refractivity contribution in [1.29, 1.82) is 0 Å². The third kappa shape index (κ3) is 4.05. The van der Waals surface area contributed by atoms with Crippen LogP contribution in [-0.4, -0.2) is 29.8 Å². The van der Waals surface area contributed by atoms with Gasteiger partial charge in [0.25, 0.3) is 0 Å². The minimum atomic E-state index is -0.0765. The first kappa shape index (κ1) is 21.4. The Balaban J connectivity index is 2.03. The molecule has 0 saturated carbocycles. The number of nitrogens with zero attached hydrogens (tertiary/aromatic N) is 1. The van der Waals surface area contributed by atoms with E-state index in [-0.39, 0.29) is 17.5 Å². The predicted octanol–water partition coefficient (Wildman–Crippen LogP) is 5.39. The molecule has 0 spiro atoms. The smallest absolute Gasteiger partial charge is 0.168 e. The molecule has 0 radical (unpaired) electrons. The molecule has 1 unspecified atom stereocenters. The van der Waals surface area contributed by atoms with Crippen LogP contribution in [0.15, 0.2) is 16.5 Å². The molecule has 1 atom stereocenters. The second-order valence-electron chi connectivity index (χ2n) is 8.10. The van der Waals surface area contributed by atoms with Crippen LogP contribution in [0.5, 0.6) is 5.75 Å². The lowest BCUT2D eigenvalue weighted by molar-refractivity contribution is -0.116. The SMILES string of the molecule is CCCC(=NOCC)C1=C(O)CC(c2c(C)c(C)c(C)c3c2OCCC3)CC1=O. The second-order valence-corrected chi connectivity index (χ2v) is 8.10. The average Bonchev–Trinajstić information content (AvgIpc) is 2.70. The number of hydrogen-bond donors (Lipinski definition) is 1. The molecule has 5 heteroatoms. The zero-order chi connectivity index (χ0) is 21.1. The van der Waals surface area contributed by atoms with Crippen molar-refractivity contribution in [3.8, 4) is 5.75 Å². The fourth-order valence-corrected chi connectivity index (χ4v) is 4.61. The molecular formula is C24H33NO4. The largest absolute Gasteiger partial charge is 0.511 e. The van der Waals surface area contributed by atoms with Crippen molar-refractivity contribution in [2.24, 2.45) is 5.16 Å². The van der Waals surface area contributed by atoms with Crippen LogP contribution in [0.25, 0.3) is 0 Å². The van der Waals surface area contributed by atoms with E-state index < -0.39 is 0 Å². The predicted molar refractivity (Wildman–Crippen MR) is 115 cm³/mol. The summed E-state index contributed by atoms with van der Waals surface area (Å²) in [5.41, 5.74) is 7.00. The van der Waals surface area contributed by atoms with Gasteiger partial charge in [-0.2, -0.15) is 0 Å². The summed E-state index contributed by atoms with van der Waals surface area (Å²) in [5, 5.41) is 15.0. The Morgan fingerprint density at radius 3 is 2.59 bits per heavy atom. The van der Waals surface area contributed by atoms with Gasteiger partial charge in [0.1, 0.15) is 18.1 Å². The standard InChI is InChI=1S/C24H33NO4/c1-6-9-19(25-29-7-2)23-20(26)12-17(13-21(23)27)22-16(5)14(3)15(4)18-10-8-11-28-24(18)22/h17,26H,6-13H2,1-5H3. The number of allylic oxidation sites excluding steroid dienone is 2. The van der Waals surface area contributed by atoms with Crippen molar-refractivity contribution >= 4 is 11.5 Å². The number of fused-ring (bicyclic) bond motifs is 1. The third-order valence-corrected chi connectivity index (χ3v) is 6.24. The van der Waals surface area contributed by atoms with Crippen molar-refractivity contribution in [1.82, 2.24) is 0 Å². The quantitative estimate of drug-likeness (QED) is 0.514. The summed E-state index contributed by atoms with van der Waals surface area (Å²) < 4.78 is 6.11. The number of ketones is 1. The van der Waals surface area contributed by atoms with E-state index in [4.69, 9.17) is 9.57 Å². The molecule has 2 aliphatic rings. The minimum Gasteiger partial charge on any atom is -0.511 e. The molecule has 29 heavy (non-hydrogen) atoms. The van der Waals surface area contributed by atoms with E-state index in [9.17, 15) is 9.90 Å². The molecule has 0 saturated heterocycles. The molecule has 5 nitrogen and oxygen atoms in total.